The molecule has 2 aliphatic rings. The normalized spacial score (nSPS) is 28.5. The molecule has 1 aromatic carbocycles. The van der Waals surface area contributed by atoms with Crippen molar-refractivity contribution < 1.29 is 9.53 Å². The minimum atomic E-state index is -0.187. The van der Waals surface area contributed by atoms with Crippen LogP contribution in [0.3, 0.4) is 0 Å². The fourth-order valence-corrected chi connectivity index (χ4v) is 3.06. The smallest absolute Gasteiger partial charge is 0.410 e. The minimum absolute atomic E-state index is 0.158. The van der Waals surface area contributed by atoms with Crippen LogP contribution in [0.15, 0.2) is 42.5 Å². The first-order chi connectivity index (χ1) is 9.17. The quantitative estimate of drug-likeness (QED) is 0.761. The van der Waals surface area contributed by atoms with E-state index < -0.39 is 0 Å². The number of nitrogens with zero attached hydrogens (tertiary/aromatic N) is 1. The Labute approximate surface area is 113 Å². The van der Waals surface area contributed by atoms with Gasteiger partial charge in [0.05, 0.1) is 0 Å². The first-order valence-electron chi connectivity index (χ1n) is 6.81. The molecule has 0 aromatic heterocycles. The van der Waals surface area contributed by atoms with Crippen molar-refractivity contribution in [2.75, 3.05) is 13.1 Å². The van der Waals surface area contributed by atoms with Crippen molar-refractivity contribution >= 4 is 6.09 Å². The molecule has 0 bridgehead atoms. The van der Waals surface area contributed by atoms with Crippen molar-refractivity contribution in [1.82, 2.24) is 4.90 Å². The van der Waals surface area contributed by atoms with Crippen LogP contribution in [0.5, 0.6) is 0 Å². The summed E-state index contributed by atoms with van der Waals surface area (Å²) in [5.41, 5.74) is 1.19. The van der Waals surface area contributed by atoms with Gasteiger partial charge in [-0.2, -0.15) is 0 Å². The first-order valence-corrected chi connectivity index (χ1v) is 6.81. The number of amides is 1. The Balaban J connectivity index is 1.56. The van der Waals surface area contributed by atoms with Crippen molar-refractivity contribution in [3.05, 3.63) is 48.0 Å². The van der Waals surface area contributed by atoms with E-state index in [9.17, 15) is 4.79 Å². The molecule has 0 unspecified atom stereocenters. The summed E-state index contributed by atoms with van der Waals surface area (Å²) in [7, 11) is 0. The standard InChI is InChI=1S/C16H19NO2/c1-16-9-5-8-14(16)10-17(12-16)15(18)19-11-13-6-3-2-4-7-13/h2-7,9,14H,8,10-12H2,1H3/t14-,16+/m1/s1. The minimum Gasteiger partial charge on any atom is -0.445 e. The molecular weight excluding hydrogens is 238 g/mol. The summed E-state index contributed by atoms with van der Waals surface area (Å²) in [6.45, 7) is 4.18. The highest BCUT2D eigenvalue weighted by atomic mass is 16.6. The van der Waals surface area contributed by atoms with E-state index in [0.29, 0.717) is 12.5 Å². The van der Waals surface area contributed by atoms with E-state index in [-0.39, 0.29) is 11.5 Å². The summed E-state index contributed by atoms with van der Waals surface area (Å²) < 4.78 is 5.39. The van der Waals surface area contributed by atoms with Crippen molar-refractivity contribution in [3.63, 3.8) is 0 Å². The van der Waals surface area contributed by atoms with Gasteiger partial charge in [0, 0.05) is 18.5 Å². The summed E-state index contributed by atoms with van der Waals surface area (Å²) in [5, 5.41) is 0. The number of carbonyl (C=O) groups is 1. The van der Waals surface area contributed by atoms with E-state index in [4.69, 9.17) is 4.74 Å². The van der Waals surface area contributed by atoms with Gasteiger partial charge in [0.2, 0.25) is 0 Å². The largest absolute Gasteiger partial charge is 0.445 e. The second-order valence-corrected chi connectivity index (χ2v) is 5.76. The Morgan fingerprint density at radius 1 is 1.42 bits per heavy atom. The molecule has 1 aliphatic carbocycles. The number of benzene rings is 1. The molecule has 3 rings (SSSR count). The fourth-order valence-electron chi connectivity index (χ4n) is 3.06. The number of fused-ring (bicyclic) bond motifs is 1. The lowest BCUT2D eigenvalue weighted by molar-refractivity contribution is 0.101. The molecule has 0 saturated carbocycles. The molecule has 1 amide bonds. The molecule has 2 atom stereocenters. The Bertz CT molecular complexity index is 497. The molecule has 1 saturated heterocycles. The Morgan fingerprint density at radius 3 is 2.95 bits per heavy atom. The third-order valence-electron chi connectivity index (χ3n) is 4.29. The van der Waals surface area contributed by atoms with Crippen molar-refractivity contribution in [2.45, 2.75) is 20.0 Å². The highest BCUT2D eigenvalue weighted by Crippen LogP contribution is 2.43. The molecule has 100 valence electrons. The van der Waals surface area contributed by atoms with E-state index in [1.807, 2.05) is 35.2 Å². The summed E-state index contributed by atoms with van der Waals surface area (Å²) in [4.78, 5) is 13.9. The monoisotopic (exact) mass is 257 g/mol. The summed E-state index contributed by atoms with van der Waals surface area (Å²) in [5.74, 6) is 0.566. The van der Waals surface area contributed by atoms with E-state index in [1.165, 1.54) is 0 Å². The lowest BCUT2D eigenvalue weighted by Gasteiger charge is -2.21. The maximum atomic E-state index is 12.1. The molecule has 1 aliphatic heterocycles. The van der Waals surface area contributed by atoms with Crippen LogP contribution >= 0.6 is 0 Å². The van der Waals surface area contributed by atoms with Gasteiger partial charge in [0.25, 0.3) is 0 Å². The average Bonchev–Trinajstić information content (AvgIpc) is 2.92. The first kappa shape index (κ1) is 12.3. The molecular formula is C16H19NO2. The molecule has 0 radical (unpaired) electrons. The van der Waals surface area contributed by atoms with E-state index in [0.717, 1.165) is 25.1 Å². The van der Waals surface area contributed by atoms with Gasteiger partial charge in [-0.3, -0.25) is 0 Å². The summed E-state index contributed by atoms with van der Waals surface area (Å²) in [6.07, 6.45) is 5.38. The topological polar surface area (TPSA) is 29.5 Å². The van der Waals surface area contributed by atoms with Gasteiger partial charge in [0.15, 0.2) is 0 Å². The molecule has 1 heterocycles. The number of ether oxygens (including phenoxy) is 1. The van der Waals surface area contributed by atoms with Crippen LogP contribution in [0.4, 0.5) is 4.79 Å². The third-order valence-corrected chi connectivity index (χ3v) is 4.29. The maximum Gasteiger partial charge on any atom is 0.410 e. The number of carbonyl (C=O) groups excluding carboxylic acids is 1. The zero-order chi connectivity index (χ0) is 13.3. The van der Waals surface area contributed by atoms with Crippen molar-refractivity contribution in [2.24, 2.45) is 11.3 Å². The van der Waals surface area contributed by atoms with Crippen LogP contribution in [0.2, 0.25) is 0 Å². The van der Waals surface area contributed by atoms with Crippen LogP contribution in [0, 0.1) is 11.3 Å². The zero-order valence-electron chi connectivity index (χ0n) is 11.2. The van der Waals surface area contributed by atoms with Gasteiger partial charge >= 0.3 is 6.09 Å². The number of likely N-dealkylation sites (tertiary alicyclic amines) is 1. The molecule has 3 nitrogen and oxygen atoms in total. The van der Waals surface area contributed by atoms with Gasteiger partial charge in [-0.25, -0.2) is 4.79 Å². The molecule has 19 heavy (non-hydrogen) atoms. The number of hydrogen-bond acceptors (Lipinski definition) is 2. The molecule has 1 fully saturated rings. The van der Waals surface area contributed by atoms with Crippen LogP contribution in [-0.4, -0.2) is 24.1 Å². The van der Waals surface area contributed by atoms with Gasteiger partial charge < -0.3 is 9.64 Å². The summed E-state index contributed by atoms with van der Waals surface area (Å²) >= 11 is 0. The van der Waals surface area contributed by atoms with Crippen LogP contribution in [0.25, 0.3) is 0 Å². The number of rotatable bonds is 2. The Hall–Kier alpha value is -1.77. The lowest BCUT2D eigenvalue weighted by Crippen LogP contribution is -2.31. The molecule has 1 aromatic rings. The van der Waals surface area contributed by atoms with Crippen molar-refractivity contribution in [1.29, 1.82) is 0 Å². The van der Waals surface area contributed by atoms with Gasteiger partial charge in [-0.1, -0.05) is 49.4 Å². The predicted molar refractivity (Wildman–Crippen MR) is 73.6 cm³/mol. The van der Waals surface area contributed by atoms with E-state index in [2.05, 4.69) is 19.1 Å². The van der Waals surface area contributed by atoms with Gasteiger partial charge in [-0.05, 0) is 17.9 Å². The average molecular weight is 257 g/mol. The third kappa shape index (κ3) is 2.37. The van der Waals surface area contributed by atoms with Crippen molar-refractivity contribution in [3.8, 4) is 0 Å². The molecule has 3 heteroatoms. The number of hydrogen-bond donors (Lipinski definition) is 0. The van der Waals surface area contributed by atoms with Gasteiger partial charge in [-0.15, -0.1) is 0 Å². The Kier molecular flexibility index (Phi) is 3.05. The SMILES string of the molecule is C[C@@]12C=CC[C@@H]1CN(C(=O)OCc1ccccc1)C2. The maximum absolute atomic E-state index is 12.1. The highest BCUT2D eigenvalue weighted by molar-refractivity contribution is 5.68. The Morgan fingerprint density at radius 2 is 2.21 bits per heavy atom. The van der Waals surface area contributed by atoms with E-state index in [1.54, 1.807) is 0 Å². The van der Waals surface area contributed by atoms with Crippen LogP contribution < -0.4 is 0 Å². The van der Waals surface area contributed by atoms with Crippen LogP contribution in [-0.2, 0) is 11.3 Å². The molecule has 0 spiro atoms. The second kappa shape index (κ2) is 4.72. The summed E-state index contributed by atoms with van der Waals surface area (Å²) in [6, 6.07) is 9.80. The number of allylic oxidation sites excluding steroid dienone is 1. The highest BCUT2D eigenvalue weighted by Gasteiger charge is 2.45. The second-order valence-electron chi connectivity index (χ2n) is 5.76. The molecule has 0 N–H and O–H groups in total. The lowest BCUT2D eigenvalue weighted by atomic mass is 9.84. The van der Waals surface area contributed by atoms with E-state index >= 15 is 0 Å². The van der Waals surface area contributed by atoms with Gasteiger partial charge in [0.1, 0.15) is 6.61 Å². The fraction of sp³-hybridized carbons (Fsp3) is 0.438. The zero-order valence-corrected chi connectivity index (χ0v) is 11.2. The predicted octanol–water partition coefficient (Wildman–Crippen LogP) is 3.22. The van der Waals surface area contributed by atoms with Crippen LogP contribution in [0.1, 0.15) is 18.9 Å².